The molecule has 0 aliphatic carbocycles. The molecular formula is C13H14N4O3S. The minimum absolute atomic E-state index is 0.111. The zero-order chi connectivity index (χ0) is 15.0. The summed E-state index contributed by atoms with van der Waals surface area (Å²) in [7, 11) is -1.78. The molecule has 3 rings (SSSR count). The van der Waals surface area contributed by atoms with Gasteiger partial charge in [0.05, 0.1) is 5.75 Å². The van der Waals surface area contributed by atoms with Crippen LogP contribution in [0.1, 0.15) is 5.82 Å². The Morgan fingerprint density at radius 1 is 1.38 bits per heavy atom. The highest BCUT2D eigenvalue weighted by Crippen LogP contribution is 2.22. The molecular weight excluding hydrogens is 292 g/mol. The van der Waals surface area contributed by atoms with Crippen LogP contribution in [0.15, 0.2) is 40.2 Å². The van der Waals surface area contributed by atoms with Gasteiger partial charge < -0.3 is 14.7 Å². The molecule has 0 saturated carbocycles. The molecule has 7 nitrogen and oxygen atoms in total. The predicted molar refractivity (Wildman–Crippen MR) is 77.4 cm³/mol. The van der Waals surface area contributed by atoms with E-state index in [-0.39, 0.29) is 11.0 Å². The van der Waals surface area contributed by atoms with Crippen LogP contribution in [0.5, 0.6) is 0 Å². The SMILES string of the molecule is Cn1ccnc1CCS(=O)(=O)c1nc2cc(N)ccc2o1. The molecule has 0 unspecified atom stereocenters. The van der Waals surface area contributed by atoms with E-state index in [1.807, 2.05) is 7.05 Å². The van der Waals surface area contributed by atoms with E-state index in [1.54, 1.807) is 35.2 Å². The molecule has 3 aromatic rings. The standard InChI is InChI=1S/C13H14N4O3S/c1-17-6-5-15-12(17)4-7-21(18,19)13-16-10-8-9(14)2-3-11(10)20-13/h2-3,5-6,8H,4,7,14H2,1H3. The highest BCUT2D eigenvalue weighted by molar-refractivity contribution is 7.91. The maximum absolute atomic E-state index is 12.3. The zero-order valence-corrected chi connectivity index (χ0v) is 12.2. The Bertz CT molecular complexity index is 895. The van der Waals surface area contributed by atoms with Crippen LogP contribution >= 0.6 is 0 Å². The predicted octanol–water partition coefficient (Wildman–Crippen LogP) is 1.16. The van der Waals surface area contributed by atoms with Crippen molar-refractivity contribution in [2.45, 2.75) is 11.6 Å². The Labute approximate surface area is 121 Å². The Kier molecular flexibility index (Phi) is 3.17. The summed E-state index contributed by atoms with van der Waals surface area (Å²) in [6.07, 6.45) is 3.70. The fourth-order valence-corrected chi connectivity index (χ4v) is 3.09. The van der Waals surface area contributed by atoms with Gasteiger partial charge in [0.15, 0.2) is 5.58 Å². The molecule has 0 aliphatic heterocycles. The molecule has 0 bridgehead atoms. The quantitative estimate of drug-likeness (QED) is 0.725. The average Bonchev–Trinajstić information content (AvgIpc) is 3.02. The first-order chi connectivity index (χ1) is 9.95. The zero-order valence-electron chi connectivity index (χ0n) is 11.4. The van der Waals surface area contributed by atoms with Crippen LogP contribution in [0.25, 0.3) is 11.1 Å². The van der Waals surface area contributed by atoms with Gasteiger partial charge in [0.25, 0.3) is 0 Å². The number of fused-ring (bicyclic) bond motifs is 1. The first-order valence-corrected chi connectivity index (χ1v) is 7.96. The number of benzene rings is 1. The number of oxazole rings is 1. The second kappa shape index (κ2) is 4.88. The first kappa shape index (κ1) is 13.6. The molecule has 0 atom stereocenters. The van der Waals surface area contributed by atoms with E-state index in [0.717, 1.165) is 0 Å². The minimum atomic E-state index is -3.60. The van der Waals surface area contributed by atoms with Gasteiger partial charge in [-0.05, 0) is 18.2 Å². The Balaban J connectivity index is 1.87. The molecule has 2 aromatic heterocycles. The van der Waals surface area contributed by atoms with Gasteiger partial charge in [0.2, 0.25) is 9.84 Å². The van der Waals surface area contributed by atoms with Gasteiger partial charge in [0.1, 0.15) is 11.3 Å². The second-order valence-electron chi connectivity index (χ2n) is 4.73. The highest BCUT2D eigenvalue weighted by atomic mass is 32.2. The van der Waals surface area contributed by atoms with Gasteiger partial charge in [-0.25, -0.2) is 13.4 Å². The summed E-state index contributed by atoms with van der Waals surface area (Å²) in [5.74, 6) is 0.582. The molecule has 2 N–H and O–H groups in total. The summed E-state index contributed by atoms with van der Waals surface area (Å²) in [5.41, 5.74) is 6.98. The van der Waals surface area contributed by atoms with Gasteiger partial charge in [-0.1, -0.05) is 0 Å². The minimum Gasteiger partial charge on any atom is -0.428 e. The van der Waals surface area contributed by atoms with Crippen LogP contribution in [0.2, 0.25) is 0 Å². The fourth-order valence-electron chi connectivity index (χ4n) is 2.01. The summed E-state index contributed by atoms with van der Waals surface area (Å²) in [4.78, 5) is 8.10. The Morgan fingerprint density at radius 2 is 2.19 bits per heavy atom. The van der Waals surface area contributed by atoms with E-state index in [4.69, 9.17) is 10.2 Å². The fraction of sp³-hybridized carbons (Fsp3) is 0.231. The number of sulfone groups is 1. The number of hydrogen-bond acceptors (Lipinski definition) is 6. The van der Waals surface area contributed by atoms with Crippen LogP contribution in [0.4, 0.5) is 5.69 Å². The van der Waals surface area contributed by atoms with Crippen molar-refractivity contribution in [3.8, 4) is 0 Å². The van der Waals surface area contributed by atoms with Crippen molar-refractivity contribution in [1.82, 2.24) is 14.5 Å². The van der Waals surface area contributed by atoms with Crippen molar-refractivity contribution in [2.75, 3.05) is 11.5 Å². The molecule has 110 valence electrons. The Morgan fingerprint density at radius 3 is 2.90 bits per heavy atom. The molecule has 0 fully saturated rings. The van der Waals surface area contributed by atoms with E-state index < -0.39 is 9.84 Å². The van der Waals surface area contributed by atoms with Crippen molar-refractivity contribution in [3.05, 3.63) is 36.4 Å². The lowest BCUT2D eigenvalue weighted by Gasteiger charge is -2.01. The average molecular weight is 306 g/mol. The molecule has 21 heavy (non-hydrogen) atoms. The Hall–Kier alpha value is -2.35. The summed E-state index contributed by atoms with van der Waals surface area (Å²) in [5, 5.41) is -0.280. The summed E-state index contributed by atoms with van der Waals surface area (Å²) in [6.45, 7) is 0. The largest absolute Gasteiger partial charge is 0.428 e. The number of nitrogen functional groups attached to an aromatic ring is 1. The third-order valence-electron chi connectivity index (χ3n) is 3.17. The lowest BCUT2D eigenvalue weighted by Crippen LogP contribution is -2.12. The number of aromatic nitrogens is 3. The van der Waals surface area contributed by atoms with Crippen LogP contribution < -0.4 is 5.73 Å². The van der Waals surface area contributed by atoms with Crippen LogP contribution in [-0.4, -0.2) is 28.7 Å². The van der Waals surface area contributed by atoms with Gasteiger partial charge in [-0.15, -0.1) is 0 Å². The highest BCUT2D eigenvalue weighted by Gasteiger charge is 2.22. The van der Waals surface area contributed by atoms with E-state index in [1.165, 1.54) is 0 Å². The third kappa shape index (κ3) is 2.62. The van der Waals surface area contributed by atoms with E-state index >= 15 is 0 Å². The maximum Gasteiger partial charge on any atom is 0.316 e. The van der Waals surface area contributed by atoms with Crippen molar-refractivity contribution in [2.24, 2.45) is 7.05 Å². The molecule has 0 spiro atoms. The van der Waals surface area contributed by atoms with E-state index in [0.29, 0.717) is 29.0 Å². The number of nitrogens with zero attached hydrogens (tertiary/aromatic N) is 3. The molecule has 8 heteroatoms. The van der Waals surface area contributed by atoms with Gasteiger partial charge in [-0.3, -0.25) is 0 Å². The number of imidazole rings is 1. The maximum atomic E-state index is 12.3. The molecule has 0 amide bonds. The van der Waals surface area contributed by atoms with Crippen molar-refractivity contribution in [3.63, 3.8) is 0 Å². The molecule has 1 aromatic carbocycles. The number of anilines is 1. The lowest BCUT2D eigenvalue weighted by molar-refractivity contribution is 0.458. The monoisotopic (exact) mass is 306 g/mol. The molecule has 0 radical (unpaired) electrons. The van der Waals surface area contributed by atoms with E-state index in [9.17, 15) is 8.42 Å². The van der Waals surface area contributed by atoms with Crippen molar-refractivity contribution < 1.29 is 12.8 Å². The smallest absolute Gasteiger partial charge is 0.316 e. The second-order valence-corrected chi connectivity index (χ2v) is 6.72. The summed E-state index contributed by atoms with van der Waals surface area (Å²) < 4.78 is 31.6. The van der Waals surface area contributed by atoms with Crippen molar-refractivity contribution >= 4 is 26.6 Å². The molecule has 0 aliphatic rings. The molecule has 2 heterocycles. The lowest BCUT2D eigenvalue weighted by atomic mass is 10.3. The first-order valence-electron chi connectivity index (χ1n) is 6.31. The molecule has 0 saturated heterocycles. The van der Waals surface area contributed by atoms with Crippen LogP contribution in [0, 0.1) is 0 Å². The summed E-state index contributed by atoms with van der Waals surface area (Å²) >= 11 is 0. The van der Waals surface area contributed by atoms with Gasteiger partial charge in [0, 0.05) is 31.5 Å². The van der Waals surface area contributed by atoms with Crippen LogP contribution in [-0.2, 0) is 23.3 Å². The number of rotatable bonds is 4. The van der Waals surface area contributed by atoms with Crippen molar-refractivity contribution in [1.29, 1.82) is 0 Å². The number of aryl methyl sites for hydroxylation is 2. The number of hydrogen-bond donors (Lipinski definition) is 1. The third-order valence-corrected chi connectivity index (χ3v) is 4.62. The topological polar surface area (TPSA) is 104 Å². The normalized spacial score (nSPS) is 12.0. The number of nitrogens with two attached hydrogens (primary N) is 1. The van der Waals surface area contributed by atoms with Gasteiger partial charge >= 0.3 is 5.22 Å². The van der Waals surface area contributed by atoms with Crippen LogP contribution in [0.3, 0.4) is 0 Å². The van der Waals surface area contributed by atoms with E-state index in [2.05, 4.69) is 9.97 Å². The summed E-state index contributed by atoms with van der Waals surface area (Å²) in [6, 6.07) is 4.82. The van der Waals surface area contributed by atoms with Gasteiger partial charge in [-0.2, -0.15) is 4.98 Å².